The first-order valence-electron chi connectivity index (χ1n) is 3.57. The highest BCUT2D eigenvalue weighted by Gasteiger charge is 2.20. The number of benzene rings is 1. The molecule has 0 aliphatic rings. The zero-order valence-corrected chi connectivity index (χ0v) is 6.66. The monoisotopic (exact) mass is 183 g/mol. The maximum Gasteiger partial charge on any atom is 0.356 e. The number of aliphatic hydroxyl groups is 1. The van der Waals surface area contributed by atoms with E-state index in [1.807, 2.05) is 0 Å². The summed E-state index contributed by atoms with van der Waals surface area (Å²) in [5, 5.41) is 26.7. The summed E-state index contributed by atoms with van der Waals surface area (Å²) in [7, 11) is 0. The van der Waals surface area contributed by atoms with Crippen LogP contribution in [0.5, 0.6) is 0 Å². The summed E-state index contributed by atoms with van der Waals surface area (Å²) in [6.45, 7) is 0. The summed E-state index contributed by atoms with van der Waals surface area (Å²) < 4.78 is 0. The molecule has 1 aromatic carbocycles. The molecule has 3 N–H and O–H groups in total. The highest BCUT2D eigenvalue weighted by molar-refractivity contribution is 5.75. The molecule has 0 bridgehead atoms. The molecule has 0 spiro atoms. The number of aliphatic hydroxyl groups excluding tert-OH is 1. The number of rotatable bonds is 3. The largest absolute Gasteiger partial charge is 0.478 e. The van der Waals surface area contributed by atoms with Crippen LogP contribution < -0.4 is 5.06 Å². The van der Waals surface area contributed by atoms with E-state index < -0.39 is 12.2 Å². The highest BCUT2D eigenvalue weighted by atomic mass is 16.5. The van der Waals surface area contributed by atoms with Crippen molar-refractivity contribution in [2.75, 3.05) is 5.06 Å². The third kappa shape index (κ3) is 2.17. The first-order valence-corrected chi connectivity index (χ1v) is 3.57. The molecule has 0 heterocycles. The molecule has 0 amide bonds. The van der Waals surface area contributed by atoms with Gasteiger partial charge in [-0.05, 0) is 12.1 Å². The van der Waals surface area contributed by atoms with Crippen molar-refractivity contribution < 1.29 is 20.2 Å². The van der Waals surface area contributed by atoms with Crippen LogP contribution in [0.4, 0.5) is 5.69 Å². The lowest BCUT2D eigenvalue weighted by molar-refractivity contribution is -0.149. The van der Waals surface area contributed by atoms with Gasteiger partial charge in [0.2, 0.25) is 6.23 Å². The predicted molar refractivity (Wildman–Crippen MR) is 44.4 cm³/mol. The second-order valence-electron chi connectivity index (χ2n) is 2.39. The van der Waals surface area contributed by atoms with Crippen LogP contribution >= 0.6 is 0 Å². The van der Waals surface area contributed by atoms with Crippen LogP contribution in [0.15, 0.2) is 30.3 Å². The SMILES string of the molecule is O=C(O)C(O)N(O)c1ccccc1. The quantitative estimate of drug-likeness (QED) is 0.463. The molecule has 5 heteroatoms. The van der Waals surface area contributed by atoms with Crippen LogP contribution in [0.1, 0.15) is 0 Å². The number of anilines is 1. The van der Waals surface area contributed by atoms with E-state index in [1.165, 1.54) is 12.1 Å². The van der Waals surface area contributed by atoms with Gasteiger partial charge in [-0.15, -0.1) is 0 Å². The van der Waals surface area contributed by atoms with Crippen molar-refractivity contribution in [3.8, 4) is 0 Å². The Hall–Kier alpha value is -1.59. The van der Waals surface area contributed by atoms with E-state index in [0.717, 1.165) is 0 Å². The fourth-order valence-corrected chi connectivity index (χ4v) is 0.827. The topological polar surface area (TPSA) is 81.0 Å². The van der Waals surface area contributed by atoms with Crippen molar-refractivity contribution >= 4 is 11.7 Å². The molecule has 0 saturated carbocycles. The Labute approximate surface area is 74.4 Å². The number of carbonyl (C=O) groups is 1. The average Bonchev–Trinajstić information content (AvgIpc) is 2.17. The van der Waals surface area contributed by atoms with E-state index in [9.17, 15) is 4.79 Å². The number of nitrogens with zero attached hydrogens (tertiary/aromatic N) is 1. The maximum atomic E-state index is 10.3. The predicted octanol–water partition coefficient (Wildman–Crippen LogP) is 0.285. The first-order chi connectivity index (χ1) is 6.13. The van der Waals surface area contributed by atoms with Gasteiger partial charge >= 0.3 is 5.97 Å². The molecule has 13 heavy (non-hydrogen) atoms. The maximum absolute atomic E-state index is 10.3. The van der Waals surface area contributed by atoms with Crippen molar-refractivity contribution in [3.05, 3.63) is 30.3 Å². The fraction of sp³-hybridized carbons (Fsp3) is 0.125. The van der Waals surface area contributed by atoms with Gasteiger partial charge in [-0.25, -0.2) is 9.86 Å². The number of hydroxylamine groups is 1. The van der Waals surface area contributed by atoms with Crippen molar-refractivity contribution in [1.82, 2.24) is 0 Å². The number of hydrogen-bond acceptors (Lipinski definition) is 4. The van der Waals surface area contributed by atoms with Crippen LogP contribution in [0.3, 0.4) is 0 Å². The summed E-state index contributed by atoms with van der Waals surface area (Å²) >= 11 is 0. The molecule has 0 saturated heterocycles. The van der Waals surface area contributed by atoms with Crippen LogP contribution in [-0.2, 0) is 4.79 Å². The van der Waals surface area contributed by atoms with E-state index in [2.05, 4.69) is 0 Å². The van der Waals surface area contributed by atoms with E-state index in [0.29, 0.717) is 0 Å². The van der Waals surface area contributed by atoms with Crippen LogP contribution in [0.2, 0.25) is 0 Å². The molecular formula is C8H9NO4. The molecule has 1 atom stereocenters. The van der Waals surface area contributed by atoms with Crippen LogP contribution in [0.25, 0.3) is 0 Å². The molecule has 1 aromatic rings. The smallest absolute Gasteiger partial charge is 0.356 e. The molecule has 0 fully saturated rings. The lowest BCUT2D eigenvalue weighted by atomic mass is 10.3. The highest BCUT2D eigenvalue weighted by Crippen LogP contribution is 2.12. The van der Waals surface area contributed by atoms with Gasteiger partial charge in [0.15, 0.2) is 0 Å². The Morgan fingerprint density at radius 3 is 2.31 bits per heavy atom. The molecule has 70 valence electrons. The molecule has 1 unspecified atom stereocenters. The number of carboxylic acid groups (broad SMARTS) is 1. The van der Waals surface area contributed by atoms with Crippen molar-refractivity contribution in [1.29, 1.82) is 0 Å². The summed E-state index contributed by atoms with van der Waals surface area (Å²) in [6.07, 6.45) is -1.94. The number of para-hydroxylation sites is 1. The van der Waals surface area contributed by atoms with Gasteiger partial charge in [-0.3, -0.25) is 5.21 Å². The molecule has 0 aliphatic heterocycles. The summed E-state index contributed by atoms with van der Waals surface area (Å²) in [6, 6.07) is 7.91. The summed E-state index contributed by atoms with van der Waals surface area (Å²) in [5.74, 6) is -1.51. The van der Waals surface area contributed by atoms with E-state index >= 15 is 0 Å². The van der Waals surface area contributed by atoms with Crippen LogP contribution in [-0.4, -0.2) is 27.6 Å². The molecule has 0 radical (unpaired) electrons. The van der Waals surface area contributed by atoms with Gasteiger partial charge < -0.3 is 10.2 Å². The Morgan fingerprint density at radius 2 is 1.85 bits per heavy atom. The first kappa shape index (κ1) is 9.50. The van der Waals surface area contributed by atoms with Gasteiger partial charge in [0.1, 0.15) is 0 Å². The third-order valence-corrected chi connectivity index (χ3v) is 1.47. The second-order valence-corrected chi connectivity index (χ2v) is 2.39. The van der Waals surface area contributed by atoms with Gasteiger partial charge in [0, 0.05) is 0 Å². The molecular weight excluding hydrogens is 174 g/mol. The van der Waals surface area contributed by atoms with Crippen molar-refractivity contribution in [2.24, 2.45) is 0 Å². The average molecular weight is 183 g/mol. The van der Waals surface area contributed by atoms with Crippen molar-refractivity contribution in [3.63, 3.8) is 0 Å². The summed E-state index contributed by atoms with van der Waals surface area (Å²) in [4.78, 5) is 10.3. The van der Waals surface area contributed by atoms with E-state index in [4.69, 9.17) is 15.4 Å². The minimum atomic E-state index is -1.94. The van der Waals surface area contributed by atoms with Gasteiger partial charge in [-0.1, -0.05) is 18.2 Å². The Kier molecular flexibility index (Phi) is 2.84. The normalized spacial score (nSPS) is 12.2. The van der Waals surface area contributed by atoms with Gasteiger partial charge in [-0.2, -0.15) is 0 Å². The van der Waals surface area contributed by atoms with E-state index in [1.54, 1.807) is 18.2 Å². The van der Waals surface area contributed by atoms with Gasteiger partial charge in [0.25, 0.3) is 0 Å². The molecule has 0 aliphatic carbocycles. The van der Waals surface area contributed by atoms with Gasteiger partial charge in [0.05, 0.1) is 5.69 Å². The zero-order valence-electron chi connectivity index (χ0n) is 6.66. The lowest BCUT2D eigenvalue weighted by Crippen LogP contribution is -2.38. The molecule has 5 nitrogen and oxygen atoms in total. The zero-order chi connectivity index (χ0) is 9.84. The van der Waals surface area contributed by atoms with E-state index in [-0.39, 0.29) is 10.8 Å². The summed E-state index contributed by atoms with van der Waals surface area (Å²) in [5.41, 5.74) is 0.220. The minimum absolute atomic E-state index is 0.220. The fourth-order valence-electron chi connectivity index (χ4n) is 0.827. The third-order valence-electron chi connectivity index (χ3n) is 1.47. The Morgan fingerprint density at radius 1 is 1.31 bits per heavy atom. The second kappa shape index (κ2) is 3.88. The Bertz CT molecular complexity index is 287. The Balaban J connectivity index is 2.79. The minimum Gasteiger partial charge on any atom is -0.478 e. The lowest BCUT2D eigenvalue weighted by Gasteiger charge is -2.19. The standard InChI is InChI=1S/C8H9NO4/c10-7(8(11)12)9(13)6-4-2-1-3-5-6/h1-5,7,10,13H,(H,11,12). The van der Waals surface area contributed by atoms with Crippen LogP contribution in [0, 0.1) is 0 Å². The number of hydrogen-bond donors (Lipinski definition) is 3. The molecule has 0 aromatic heterocycles. The molecule has 1 rings (SSSR count). The van der Waals surface area contributed by atoms with Crippen molar-refractivity contribution in [2.45, 2.75) is 6.23 Å². The number of aliphatic carboxylic acids is 1. The number of carboxylic acids is 1.